The molecule has 1 unspecified atom stereocenters. The van der Waals surface area contributed by atoms with E-state index in [1.54, 1.807) is 6.92 Å². The molecule has 0 radical (unpaired) electrons. The number of halogens is 3. The summed E-state index contributed by atoms with van der Waals surface area (Å²) in [4.78, 5) is 54.6. The number of hydrogen-bond acceptors (Lipinski definition) is 5. The van der Waals surface area contributed by atoms with Crippen LogP contribution >= 0.6 is 23.2 Å². The van der Waals surface area contributed by atoms with Gasteiger partial charge in [-0.25, -0.2) is 4.39 Å². The maximum absolute atomic E-state index is 15.2. The van der Waals surface area contributed by atoms with E-state index in [-0.39, 0.29) is 59.1 Å². The summed E-state index contributed by atoms with van der Waals surface area (Å²) in [5.74, 6) is -2.51. The molecule has 2 atom stereocenters. The lowest BCUT2D eigenvalue weighted by atomic mass is 9.92. The number of aromatic nitrogens is 1. The smallest absolute Gasteiger partial charge is 0.255 e. The zero-order chi connectivity index (χ0) is 23.2. The molecule has 7 nitrogen and oxygen atoms in total. The fraction of sp³-hybridized carbons (Fsp3) is 0.318. The van der Waals surface area contributed by atoms with Crippen molar-refractivity contribution in [2.75, 3.05) is 0 Å². The van der Waals surface area contributed by atoms with Crippen LogP contribution in [0.1, 0.15) is 64.2 Å². The first-order valence-electron chi connectivity index (χ1n) is 9.96. The van der Waals surface area contributed by atoms with E-state index in [1.165, 1.54) is 29.3 Å². The lowest BCUT2D eigenvalue weighted by molar-refractivity contribution is -0.133. The van der Waals surface area contributed by atoms with Gasteiger partial charge in [-0.15, -0.1) is 0 Å². The molecule has 1 aliphatic heterocycles. The molecule has 2 amide bonds. The van der Waals surface area contributed by atoms with Gasteiger partial charge in [0.05, 0.1) is 46.4 Å². The predicted octanol–water partition coefficient (Wildman–Crippen LogP) is 3.67. The van der Waals surface area contributed by atoms with E-state index in [9.17, 15) is 19.2 Å². The molecule has 4 rings (SSSR count). The van der Waals surface area contributed by atoms with Crippen LogP contribution in [0.2, 0.25) is 10.0 Å². The molecule has 0 spiro atoms. The molecule has 2 aromatic rings. The third kappa shape index (κ3) is 4.00. The number of Topliss-reactive ketones (excluding diaryl/α,β-unsaturated/α-hetero) is 2. The summed E-state index contributed by atoms with van der Waals surface area (Å²) < 4.78 is 15.2. The fourth-order valence-corrected chi connectivity index (χ4v) is 4.62. The normalized spacial score (nSPS) is 19.2. The number of ketones is 2. The zero-order valence-corrected chi connectivity index (χ0v) is 18.5. The summed E-state index contributed by atoms with van der Waals surface area (Å²) in [6.07, 6.45) is 1.59. The third-order valence-corrected chi connectivity index (χ3v) is 6.23. The molecule has 0 bridgehead atoms. The predicted molar refractivity (Wildman–Crippen MR) is 114 cm³/mol. The lowest BCUT2D eigenvalue weighted by Crippen LogP contribution is -2.44. The number of nitrogens with one attached hydrogen (secondary N) is 1. The van der Waals surface area contributed by atoms with Crippen molar-refractivity contribution in [2.24, 2.45) is 0 Å². The van der Waals surface area contributed by atoms with Crippen molar-refractivity contribution >= 4 is 46.6 Å². The number of nitrogens with zero attached hydrogens (tertiary/aromatic N) is 2. The van der Waals surface area contributed by atoms with Gasteiger partial charge in [-0.1, -0.05) is 23.2 Å². The molecular weight excluding hydrogens is 460 g/mol. The molecule has 1 fully saturated rings. The van der Waals surface area contributed by atoms with Crippen molar-refractivity contribution in [3.8, 4) is 0 Å². The van der Waals surface area contributed by atoms with Crippen molar-refractivity contribution in [1.82, 2.24) is 15.2 Å². The second-order valence-electron chi connectivity index (χ2n) is 7.84. The Bertz CT molecular complexity index is 1170. The number of pyridine rings is 1. The highest BCUT2D eigenvalue weighted by Crippen LogP contribution is 2.32. The van der Waals surface area contributed by atoms with Gasteiger partial charge in [0.2, 0.25) is 0 Å². The van der Waals surface area contributed by atoms with Crippen LogP contribution in [0.3, 0.4) is 0 Å². The van der Waals surface area contributed by atoms with Crippen LogP contribution in [0.5, 0.6) is 0 Å². The Labute approximate surface area is 192 Å². The van der Waals surface area contributed by atoms with Crippen LogP contribution in [0.4, 0.5) is 4.39 Å². The van der Waals surface area contributed by atoms with E-state index >= 15 is 4.39 Å². The minimum absolute atomic E-state index is 0.0580. The molecule has 1 aromatic carbocycles. The van der Waals surface area contributed by atoms with Crippen LogP contribution in [0.15, 0.2) is 24.4 Å². The quantitative estimate of drug-likeness (QED) is 0.677. The first-order chi connectivity index (χ1) is 15.2. The Balaban J connectivity index is 1.55. The van der Waals surface area contributed by atoms with Crippen LogP contribution < -0.4 is 5.32 Å². The topological polar surface area (TPSA) is 96.4 Å². The fourth-order valence-electron chi connectivity index (χ4n) is 4.08. The second-order valence-corrected chi connectivity index (χ2v) is 8.68. The first-order valence-corrected chi connectivity index (χ1v) is 10.7. The number of rotatable bonds is 4. The molecule has 1 N–H and O–H groups in total. The number of fused-ring (bicyclic) bond motifs is 1. The number of carbonyl (C=O) groups is 4. The van der Waals surface area contributed by atoms with Crippen molar-refractivity contribution < 1.29 is 23.6 Å². The molecule has 2 aliphatic rings. The lowest BCUT2D eigenvalue weighted by Gasteiger charge is -2.29. The van der Waals surface area contributed by atoms with Crippen molar-refractivity contribution in [3.05, 3.63) is 62.6 Å². The summed E-state index contributed by atoms with van der Waals surface area (Å²) >= 11 is 12.0. The van der Waals surface area contributed by atoms with Gasteiger partial charge in [-0.3, -0.25) is 24.2 Å². The molecular formula is C22H18Cl2FN3O4. The Morgan fingerprint density at radius 3 is 2.72 bits per heavy atom. The van der Waals surface area contributed by atoms with Gasteiger partial charge in [0.1, 0.15) is 11.6 Å². The van der Waals surface area contributed by atoms with Crippen LogP contribution in [0.25, 0.3) is 0 Å². The molecule has 1 aliphatic carbocycles. The zero-order valence-electron chi connectivity index (χ0n) is 17.0. The maximum atomic E-state index is 15.2. The number of amides is 2. The highest BCUT2D eigenvalue weighted by atomic mass is 35.5. The minimum Gasteiger partial charge on any atom is -0.344 e. The Kier molecular flexibility index (Phi) is 6.01. The number of hydrogen-bond donors (Lipinski definition) is 1. The average Bonchev–Trinajstić information content (AvgIpc) is 3.05. The number of carbonyl (C=O) groups excluding carboxylic acids is 4. The van der Waals surface area contributed by atoms with Gasteiger partial charge in [-0.2, -0.15) is 0 Å². The van der Waals surface area contributed by atoms with Crippen molar-refractivity contribution in [1.29, 1.82) is 0 Å². The minimum atomic E-state index is -0.822. The highest BCUT2D eigenvalue weighted by Gasteiger charge is 2.40. The van der Waals surface area contributed by atoms with E-state index in [0.717, 1.165) is 0 Å². The molecule has 166 valence electrons. The van der Waals surface area contributed by atoms with Crippen LogP contribution in [-0.4, -0.2) is 39.3 Å². The van der Waals surface area contributed by atoms with Gasteiger partial charge >= 0.3 is 0 Å². The molecule has 2 heterocycles. The summed E-state index contributed by atoms with van der Waals surface area (Å²) in [5, 5.41) is 3.25. The molecule has 32 heavy (non-hydrogen) atoms. The molecule has 10 heteroatoms. The Morgan fingerprint density at radius 2 is 2.03 bits per heavy atom. The number of benzene rings is 1. The van der Waals surface area contributed by atoms with E-state index in [4.69, 9.17) is 23.2 Å². The monoisotopic (exact) mass is 477 g/mol. The largest absolute Gasteiger partial charge is 0.344 e. The van der Waals surface area contributed by atoms with Gasteiger partial charge in [0, 0.05) is 23.7 Å². The maximum Gasteiger partial charge on any atom is 0.255 e. The van der Waals surface area contributed by atoms with E-state index in [0.29, 0.717) is 10.7 Å². The van der Waals surface area contributed by atoms with Crippen LogP contribution in [0, 0.1) is 5.82 Å². The van der Waals surface area contributed by atoms with Gasteiger partial charge in [0.15, 0.2) is 5.78 Å². The van der Waals surface area contributed by atoms with Gasteiger partial charge in [-0.05, 0) is 31.5 Å². The van der Waals surface area contributed by atoms with E-state index in [1.807, 2.05) is 0 Å². The van der Waals surface area contributed by atoms with Gasteiger partial charge < -0.3 is 10.2 Å². The summed E-state index contributed by atoms with van der Waals surface area (Å²) in [6.45, 7) is 1.51. The third-order valence-electron chi connectivity index (χ3n) is 5.72. The first kappa shape index (κ1) is 22.4. The van der Waals surface area contributed by atoms with Crippen molar-refractivity contribution in [2.45, 2.75) is 44.8 Å². The molecule has 1 aromatic heterocycles. The molecule has 0 saturated heterocycles. The molecule has 1 saturated carbocycles. The second kappa shape index (κ2) is 8.60. The summed E-state index contributed by atoms with van der Waals surface area (Å²) in [6, 6.07) is 2.72. The average molecular weight is 478 g/mol. The summed E-state index contributed by atoms with van der Waals surface area (Å²) in [7, 11) is 0. The Hall–Kier alpha value is -2.84. The summed E-state index contributed by atoms with van der Waals surface area (Å²) in [5.41, 5.74) is 0.306. The van der Waals surface area contributed by atoms with Crippen molar-refractivity contribution in [3.63, 3.8) is 0 Å². The Morgan fingerprint density at radius 1 is 1.28 bits per heavy atom. The van der Waals surface area contributed by atoms with E-state index < -0.39 is 29.7 Å². The SMILES string of the molecule is C[C@H](NC(=O)c1ccc2c(c1F)CN(C1CCC(=O)CC1=O)C2=O)c1ncc(Cl)cc1Cl. The van der Waals surface area contributed by atoms with E-state index in [2.05, 4.69) is 10.3 Å². The standard InChI is InChI=1S/C22H18Cl2FN3O4/c1-10(20-16(24)6-11(23)8-26-20)27-21(31)14-4-3-13-15(19(14)25)9-28(22(13)32)17-5-2-12(29)7-18(17)30/h3-4,6,8,10,17H,2,5,7,9H2,1H3,(H,27,31)/t10-,17?/m0/s1. The van der Waals surface area contributed by atoms with Crippen LogP contribution in [-0.2, 0) is 16.1 Å². The van der Waals surface area contributed by atoms with Gasteiger partial charge in [0.25, 0.3) is 11.8 Å². The highest BCUT2D eigenvalue weighted by molar-refractivity contribution is 6.34.